The van der Waals surface area contributed by atoms with Gasteiger partial charge in [0.05, 0.1) is 23.5 Å². The number of hydrogen-bond acceptors (Lipinski definition) is 4. The summed E-state index contributed by atoms with van der Waals surface area (Å²) in [5.41, 5.74) is 3.65. The molecule has 1 aliphatic rings. The number of halogens is 1. The molecule has 1 aliphatic heterocycles. The van der Waals surface area contributed by atoms with Crippen molar-refractivity contribution in [2.45, 2.75) is 39.9 Å². The van der Waals surface area contributed by atoms with Gasteiger partial charge in [-0.05, 0) is 51.5 Å². The largest absolute Gasteiger partial charge is 0.372 e. The third-order valence-electron chi connectivity index (χ3n) is 4.39. The van der Waals surface area contributed by atoms with Crippen molar-refractivity contribution in [3.63, 3.8) is 0 Å². The minimum absolute atomic E-state index is 0.0267. The molecule has 0 aliphatic carbocycles. The summed E-state index contributed by atoms with van der Waals surface area (Å²) in [6.07, 6.45) is 0.0534. The van der Waals surface area contributed by atoms with Crippen LogP contribution in [0.2, 0.25) is 0 Å². The first-order valence-electron chi connectivity index (χ1n) is 8.47. The standard InChI is InChI=1S/C20H22FN3O/c1-12-7-16(8-13(2)23-12)17-5-6-19(20(21)18(17)9-22)24-10-14(3)25-15(4)11-24/h5-8,14-15H,10-11H2,1-4H3. The van der Waals surface area contributed by atoms with E-state index in [1.165, 1.54) is 0 Å². The lowest BCUT2D eigenvalue weighted by Gasteiger charge is -2.37. The predicted molar refractivity (Wildman–Crippen MR) is 96.0 cm³/mol. The Morgan fingerprint density at radius 2 is 1.76 bits per heavy atom. The molecule has 25 heavy (non-hydrogen) atoms. The second-order valence-corrected chi connectivity index (χ2v) is 6.73. The Morgan fingerprint density at radius 3 is 2.32 bits per heavy atom. The van der Waals surface area contributed by atoms with Gasteiger partial charge in [0, 0.05) is 30.0 Å². The van der Waals surface area contributed by atoms with Crippen LogP contribution < -0.4 is 4.90 Å². The molecule has 2 unspecified atom stereocenters. The van der Waals surface area contributed by atoms with E-state index in [1.54, 1.807) is 6.07 Å². The number of nitriles is 1. The summed E-state index contributed by atoms with van der Waals surface area (Å²) < 4.78 is 20.9. The third-order valence-corrected chi connectivity index (χ3v) is 4.39. The maximum absolute atomic E-state index is 15.1. The summed E-state index contributed by atoms with van der Waals surface area (Å²) in [7, 11) is 0. The van der Waals surface area contributed by atoms with Crippen LogP contribution in [0, 0.1) is 31.0 Å². The molecule has 2 heterocycles. The average molecular weight is 339 g/mol. The molecule has 2 atom stereocenters. The van der Waals surface area contributed by atoms with Crippen molar-refractivity contribution in [3.8, 4) is 17.2 Å². The van der Waals surface area contributed by atoms with Gasteiger partial charge in [-0.15, -0.1) is 0 Å². The molecular weight excluding hydrogens is 317 g/mol. The lowest BCUT2D eigenvalue weighted by molar-refractivity contribution is -0.00539. The minimum atomic E-state index is -0.464. The van der Waals surface area contributed by atoms with Gasteiger partial charge < -0.3 is 9.64 Å². The highest BCUT2D eigenvalue weighted by atomic mass is 19.1. The molecule has 5 heteroatoms. The molecule has 0 bridgehead atoms. The van der Waals surface area contributed by atoms with E-state index in [2.05, 4.69) is 4.98 Å². The van der Waals surface area contributed by atoms with Crippen LogP contribution in [0.5, 0.6) is 0 Å². The Morgan fingerprint density at radius 1 is 1.16 bits per heavy atom. The number of aromatic nitrogens is 1. The molecule has 0 amide bonds. The van der Waals surface area contributed by atoms with Crippen molar-refractivity contribution in [3.05, 3.63) is 47.0 Å². The lowest BCUT2D eigenvalue weighted by atomic mass is 9.98. The quantitative estimate of drug-likeness (QED) is 0.830. The van der Waals surface area contributed by atoms with Crippen molar-refractivity contribution in [1.29, 1.82) is 5.26 Å². The third kappa shape index (κ3) is 3.49. The SMILES string of the molecule is Cc1cc(-c2ccc(N3CC(C)OC(C)C3)c(F)c2C#N)cc(C)n1. The van der Waals surface area contributed by atoms with Crippen molar-refractivity contribution >= 4 is 5.69 Å². The normalized spacial score (nSPS) is 20.4. The van der Waals surface area contributed by atoms with E-state index < -0.39 is 5.82 Å². The number of anilines is 1. The van der Waals surface area contributed by atoms with Gasteiger partial charge in [0.2, 0.25) is 0 Å². The number of hydrogen-bond donors (Lipinski definition) is 0. The molecule has 3 rings (SSSR count). The molecule has 130 valence electrons. The van der Waals surface area contributed by atoms with Gasteiger partial charge in [-0.25, -0.2) is 4.39 Å². The number of aryl methyl sites for hydroxylation is 2. The highest BCUT2D eigenvalue weighted by Gasteiger charge is 2.26. The second-order valence-electron chi connectivity index (χ2n) is 6.73. The fourth-order valence-electron chi connectivity index (χ4n) is 3.52. The van der Waals surface area contributed by atoms with E-state index in [0.717, 1.165) is 17.0 Å². The van der Waals surface area contributed by atoms with Gasteiger partial charge in [0.25, 0.3) is 0 Å². The molecule has 0 N–H and O–H groups in total. The Balaban J connectivity index is 2.07. The molecule has 1 fully saturated rings. The Bertz CT molecular complexity index is 813. The first-order chi connectivity index (χ1) is 11.9. The minimum Gasteiger partial charge on any atom is -0.372 e. The van der Waals surface area contributed by atoms with Gasteiger partial charge in [-0.2, -0.15) is 5.26 Å². The topological polar surface area (TPSA) is 49.1 Å². The molecule has 1 aromatic heterocycles. The highest BCUT2D eigenvalue weighted by molar-refractivity contribution is 5.74. The molecule has 0 saturated carbocycles. The van der Waals surface area contributed by atoms with E-state index in [1.807, 2.05) is 56.9 Å². The van der Waals surface area contributed by atoms with Crippen LogP contribution in [-0.4, -0.2) is 30.3 Å². The maximum Gasteiger partial charge on any atom is 0.164 e. The molecule has 1 aromatic carbocycles. The van der Waals surface area contributed by atoms with Crippen LogP contribution in [0.1, 0.15) is 30.8 Å². The van der Waals surface area contributed by atoms with Gasteiger partial charge >= 0.3 is 0 Å². The first kappa shape index (κ1) is 17.4. The fourth-order valence-corrected chi connectivity index (χ4v) is 3.52. The highest BCUT2D eigenvalue weighted by Crippen LogP contribution is 2.33. The zero-order chi connectivity index (χ0) is 18.1. The predicted octanol–water partition coefficient (Wildman–Crippen LogP) is 3.99. The van der Waals surface area contributed by atoms with Crippen molar-refractivity contribution in [2.75, 3.05) is 18.0 Å². The van der Waals surface area contributed by atoms with Crippen LogP contribution in [-0.2, 0) is 4.74 Å². The Hall–Kier alpha value is -2.45. The van der Waals surface area contributed by atoms with Crippen molar-refractivity contribution in [2.24, 2.45) is 0 Å². The zero-order valence-corrected chi connectivity index (χ0v) is 15.0. The van der Waals surface area contributed by atoms with Gasteiger partial charge in [0.15, 0.2) is 5.82 Å². The molecule has 2 aromatic rings. The number of nitrogens with zero attached hydrogens (tertiary/aromatic N) is 3. The summed E-state index contributed by atoms with van der Waals surface area (Å²) in [6.45, 7) is 8.96. The average Bonchev–Trinajstić information content (AvgIpc) is 2.52. The van der Waals surface area contributed by atoms with Crippen LogP contribution >= 0.6 is 0 Å². The molecule has 0 radical (unpaired) electrons. The van der Waals surface area contributed by atoms with Gasteiger partial charge in [-0.1, -0.05) is 6.07 Å². The van der Waals surface area contributed by atoms with Crippen LogP contribution in [0.4, 0.5) is 10.1 Å². The molecule has 1 saturated heterocycles. The van der Waals surface area contributed by atoms with Crippen LogP contribution in [0.25, 0.3) is 11.1 Å². The second kappa shape index (κ2) is 6.81. The Kier molecular flexibility index (Phi) is 4.73. The smallest absolute Gasteiger partial charge is 0.164 e. The van der Waals surface area contributed by atoms with E-state index in [-0.39, 0.29) is 17.8 Å². The zero-order valence-electron chi connectivity index (χ0n) is 15.0. The van der Waals surface area contributed by atoms with E-state index in [0.29, 0.717) is 24.3 Å². The van der Waals surface area contributed by atoms with Crippen molar-refractivity contribution in [1.82, 2.24) is 4.98 Å². The maximum atomic E-state index is 15.1. The summed E-state index contributed by atoms with van der Waals surface area (Å²) in [5.74, 6) is -0.464. The summed E-state index contributed by atoms with van der Waals surface area (Å²) in [6, 6.07) is 9.40. The number of ether oxygens (including phenoxy) is 1. The Labute approximate surface area is 147 Å². The van der Waals surface area contributed by atoms with E-state index in [9.17, 15) is 5.26 Å². The number of morpholine rings is 1. The molecular formula is C20H22FN3O. The number of benzene rings is 1. The molecule has 4 nitrogen and oxygen atoms in total. The van der Waals surface area contributed by atoms with Gasteiger partial charge in [-0.3, -0.25) is 4.98 Å². The van der Waals surface area contributed by atoms with Gasteiger partial charge in [0.1, 0.15) is 6.07 Å². The first-order valence-corrected chi connectivity index (χ1v) is 8.47. The number of pyridine rings is 1. The van der Waals surface area contributed by atoms with Crippen molar-refractivity contribution < 1.29 is 9.13 Å². The lowest BCUT2D eigenvalue weighted by Crippen LogP contribution is -2.45. The van der Waals surface area contributed by atoms with Crippen LogP contribution in [0.3, 0.4) is 0 Å². The van der Waals surface area contributed by atoms with E-state index in [4.69, 9.17) is 4.74 Å². The van der Waals surface area contributed by atoms with Crippen LogP contribution in [0.15, 0.2) is 24.3 Å². The number of rotatable bonds is 2. The summed E-state index contributed by atoms with van der Waals surface area (Å²) in [4.78, 5) is 6.31. The monoisotopic (exact) mass is 339 g/mol. The molecule has 0 spiro atoms. The fraction of sp³-hybridized carbons (Fsp3) is 0.400. The summed E-state index contributed by atoms with van der Waals surface area (Å²) >= 11 is 0. The van der Waals surface area contributed by atoms with E-state index >= 15 is 4.39 Å². The summed E-state index contributed by atoms with van der Waals surface area (Å²) in [5, 5.41) is 9.58.